The van der Waals surface area contributed by atoms with Crippen LogP contribution in [0.3, 0.4) is 0 Å². The Hall–Kier alpha value is -2.06. The molecule has 1 heterocycles. The van der Waals surface area contributed by atoms with Crippen LogP contribution >= 0.6 is 0 Å². The Balaban J connectivity index is 2.09. The van der Waals surface area contributed by atoms with E-state index in [0.29, 0.717) is 18.2 Å². The zero-order valence-corrected chi connectivity index (χ0v) is 13.3. The summed E-state index contributed by atoms with van der Waals surface area (Å²) in [5, 5.41) is 0. The second kappa shape index (κ2) is 5.78. The Morgan fingerprint density at radius 3 is 2.50 bits per heavy atom. The van der Waals surface area contributed by atoms with Crippen LogP contribution in [0.25, 0.3) is 0 Å². The van der Waals surface area contributed by atoms with Crippen molar-refractivity contribution >= 4 is 15.7 Å². The summed E-state index contributed by atoms with van der Waals surface area (Å²) in [5.74, 6) is 0. The van der Waals surface area contributed by atoms with Crippen molar-refractivity contribution in [2.45, 2.75) is 23.5 Å². The third kappa shape index (κ3) is 2.99. The Kier molecular flexibility index (Phi) is 4.05. The van der Waals surface area contributed by atoms with Crippen LogP contribution < -0.4 is 10.0 Å². The van der Waals surface area contributed by atoms with Gasteiger partial charge in [0, 0.05) is 12.6 Å². The summed E-state index contributed by atoms with van der Waals surface area (Å²) >= 11 is 0. The van der Waals surface area contributed by atoms with Gasteiger partial charge in [0.1, 0.15) is 0 Å². The molecule has 2 aromatic rings. The van der Waals surface area contributed by atoms with Gasteiger partial charge in [-0.2, -0.15) is 13.2 Å². The summed E-state index contributed by atoms with van der Waals surface area (Å²) in [6.07, 6.45) is -4.09. The molecule has 0 aliphatic carbocycles. The summed E-state index contributed by atoms with van der Waals surface area (Å²) in [6, 6.07) is 10.2. The highest BCUT2D eigenvalue weighted by Crippen LogP contribution is 2.34. The van der Waals surface area contributed by atoms with E-state index in [1.54, 1.807) is 24.3 Å². The van der Waals surface area contributed by atoms with E-state index in [-0.39, 0.29) is 6.54 Å². The number of nitrogens with two attached hydrogens (primary N) is 1. The minimum absolute atomic E-state index is 0.0234. The largest absolute Gasteiger partial charge is 0.416 e. The fourth-order valence-corrected chi connectivity index (χ4v) is 4.38. The number of para-hydroxylation sites is 1. The predicted octanol–water partition coefficient (Wildman–Crippen LogP) is 2.78. The van der Waals surface area contributed by atoms with Gasteiger partial charge in [0.15, 0.2) is 0 Å². The van der Waals surface area contributed by atoms with Gasteiger partial charge in [0.2, 0.25) is 0 Å². The lowest BCUT2D eigenvalue weighted by atomic mass is 10.0. The molecule has 4 nitrogen and oxygen atoms in total. The van der Waals surface area contributed by atoms with Crippen LogP contribution in [0, 0.1) is 0 Å². The number of alkyl halides is 3. The molecule has 1 aliphatic heterocycles. The van der Waals surface area contributed by atoms with Crippen molar-refractivity contribution in [3.8, 4) is 0 Å². The average molecular weight is 356 g/mol. The molecule has 0 aromatic heterocycles. The number of anilines is 1. The van der Waals surface area contributed by atoms with Crippen LogP contribution in [0.4, 0.5) is 18.9 Å². The number of halogens is 3. The lowest BCUT2D eigenvalue weighted by Crippen LogP contribution is -2.46. The van der Waals surface area contributed by atoms with Crippen molar-refractivity contribution < 1.29 is 21.6 Å². The highest BCUT2D eigenvalue weighted by Gasteiger charge is 2.35. The van der Waals surface area contributed by atoms with E-state index in [9.17, 15) is 21.6 Å². The minimum atomic E-state index is -4.61. The third-order valence-electron chi connectivity index (χ3n) is 3.89. The topological polar surface area (TPSA) is 63.4 Å². The van der Waals surface area contributed by atoms with Gasteiger partial charge in [-0.1, -0.05) is 24.3 Å². The number of fused-ring (bicyclic) bond motifs is 1. The zero-order valence-electron chi connectivity index (χ0n) is 12.5. The number of hydrogen-bond donors (Lipinski definition) is 1. The molecule has 2 aromatic carbocycles. The maximum atomic E-state index is 12.9. The Morgan fingerprint density at radius 2 is 1.79 bits per heavy atom. The van der Waals surface area contributed by atoms with Crippen molar-refractivity contribution in [2.24, 2.45) is 5.73 Å². The van der Waals surface area contributed by atoms with E-state index in [1.165, 1.54) is 0 Å². The van der Waals surface area contributed by atoms with Crippen LogP contribution in [0.1, 0.15) is 11.1 Å². The first kappa shape index (κ1) is 16.8. The van der Waals surface area contributed by atoms with E-state index in [1.807, 2.05) is 0 Å². The van der Waals surface area contributed by atoms with E-state index in [0.717, 1.165) is 28.1 Å². The first-order valence-corrected chi connectivity index (χ1v) is 8.67. The highest BCUT2D eigenvalue weighted by molar-refractivity contribution is 7.92. The smallest absolute Gasteiger partial charge is 0.326 e. The molecule has 24 heavy (non-hydrogen) atoms. The highest BCUT2D eigenvalue weighted by atomic mass is 32.2. The average Bonchev–Trinajstić information content (AvgIpc) is 2.53. The van der Waals surface area contributed by atoms with E-state index in [4.69, 9.17) is 5.73 Å². The Bertz CT molecular complexity index is 866. The van der Waals surface area contributed by atoms with E-state index in [2.05, 4.69) is 0 Å². The van der Waals surface area contributed by atoms with Gasteiger partial charge in [-0.05, 0) is 36.2 Å². The molecule has 0 spiro atoms. The van der Waals surface area contributed by atoms with Gasteiger partial charge in [-0.25, -0.2) is 8.42 Å². The summed E-state index contributed by atoms with van der Waals surface area (Å²) in [4.78, 5) is -0.402. The van der Waals surface area contributed by atoms with Crippen LogP contribution in [0.2, 0.25) is 0 Å². The molecule has 0 bridgehead atoms. The monoisotopic (exact) mass is 356 g/mol. The van der Waals surface area contributed by atoms with Crippen LogP contribution in [0.5, 0.6) is 0 Å². The molecule has 0 amide bonds. The lowest BCUT2D eigenvalue weighted by Gasteiger charge is -2.33. The van der Waals surface area contributed by atoms with Crippen LogP contribution in [-0.2, 0) is 22.6 Å². The second-order valence-electron chi connectivity index (χ2n) is 5.65. The first-order valence-electron chi connectivity index (χ1n) is 7.23. The summed E-state index contributed by atoms with van der Waals surface area (Å²) in [5.41, 5.74) is 6.14. The van der Waals surface area contributed by atoms with Crippen molar-refractivity contribution in [2.75, 3.05) is 10.8 Å². The molecular weight excluding hydrogens is 341 g/mol. The van der Waals surface area contributed by atoms with Gasteiger partial charge in [-0.3, -0.25) is 4.31 Å². The summed E-state index contributed by atoms with van der Waals surface area (Å²) < 4.78 is 65.5. The lowest BCUT2D eigenvalue weighted by molar-refractivity contribution is -0.137. The maximum Gasteiger partial charge on any atom is 0.416 e. The predicted molar refractivity (Wildman–Crippen MR) is 84.1 cm³/mol. The molecule has 0 radical (unpaired) electrons. The minimum Gasteiger partial charge on any atom is -0.326 e. The third-order valence-corrected chi connectivity index (χ3v) is 5.67. The first-order chi connectivity index (χ1) is 11.2. The maximum absolute atomic E-state index is 12.9. The molecule has 0 saturated heterocycles. The Morgan fingerprint density at radius 1 is 1.08 bits per heavy atom. The number of hydrogen-bond acceptors (Lipinski definition) is 3. The number of nitrogens with zero attached hydrogens (tertiary/aromatic N) is 1. The van der Waals surface area contributed by atoms with Gasteiger partial charge in [0.25, 0.3) is 10.0 Å². The molecule has 128 valence electrons. The number of rotatable bonds is 2. The van der Waals surface area contributed by atoms with E-state index >= 15 is 0 Å². The zero-order chi connectivity index (χ0) is 17.5. The molecule has 0 saturated carbocycles. The standard InChI is InChI=1S/C16H15F3N2O2S/c17-16(18,19)12-5-3-6-14(9-12)24(22,23)21-10-13(20)8-11-4-1-2-7-15(11)21/h1-7,9,13H,8,10,20H2. The number of sulfonamides is 1. The number of benzene rings is 2. The Labute approximate surface area is 137 Å². The van der Waals surface area contributed by atoms with E-state index < -0.39 is 32.7 Å². The summed E-state index contributed by atoms with van der Waals surface area (Å²) in [7, 11) is -4.14. The fourth-order valence-electron chi connectivity index (χ4n) is 2.77. The molecule has 2 N–H and O–H groups in total. The molecular formula is C16H15F3N2O2S. The van der Waals surface area contributed by atoms with Gasteiger partial charge < -0.3 is 5.73 Å². The molecule has 1 atom stereocenters. The van der Waals surface area contributed by atoms with Gasteiger partial charge in [0.05, 0.1) is 16.1 Å². The SMILES string of the molecule is NC1Cc2ccccc2N(S(=O)(=O)c2cccc(C(F)(F)F)c2)C1. The van der Waals surface area contributed by atoms with Crippen molar-refractivity contribution in [3.05, 3.63) is 59.7 Å². The van der Waals surface area contributed by atoms with Gasteiger partial charge >= 0.3 is 6.18 Å². The van der Waals surface area contributed by atoms with Crippen molar-refractivity contribution in [3.63, 3.8) is 0 Å². The fraction of sp³-hybridized carbons (Fsp3) is 0.250. The second-order valence-corrected chi connectivity index (χ2v) is 7.52. The quantitative estimate of drug-likeness (QED) is 0.900. The van der Waals surface area contributed by atoms with Crippen LogP contribution in [-0.4, -0.2) is 21.0 Å². The molecule has 3 rings (SSSR count). The summed E-state index contributed by atoms with van der Waals surface area (Å²) in [6.45, 7) is 0.0234. The van der Waals surface area contributed by atoms with Crippen molar-refractivity contribution in [1.82, 2.24) is 0 Å². The van der Waals surface area contributed by atoms with Gasteiger partial charge in [-0.15, -0.1) is 0 Å². The van der Waals surface area contributed by atoms with Crippen molar-refractivity contribution in [1.29, 1.82) is 0 Å². The molecule has 0 fully saturated rings. The molecule has 8 heteroatoms. The normalized spacial score (nSPS) is 18.3. The van der Waals surface area contributed by atoms with Crippen LogP contribution in [0.15, 0.2) is 53.4 Å². The molecule has 1 unspecified atom stereocenters. The molecule has 1 aliphatic rings.